The van der Waals surface area contributed by atoms with E-state index in [0.29, 0.717) is 28.4 Å². The molecule has 3 aromatic carbocycles. The Morgan fingerprint density at radius 1 is 1.06 bits per heavy atom. The maximum absolute atomic E-state index is 14.3. The summed E-state index contributed by atoms with van der Waals surface area (Å²) in [6, 6.07) is 16.4. The number of hydrazone groups is 1. The number of rotatable bonds is 3. The van der Waals surface area contributed by atoms with Crippen LogP contribution in [0.3, 0.4) is 0 Å². The Bertz CT molecular complexity index is 1330. The molecule has 180 valence electrons. The van der Waals surface area contributed by atoms with Gasteiger partial charge in [-0.2, -0.15) is 22.7 Å². The molecule has 2 amide bonds. The summed E-state index contributed by atoms with van der Waals surface area (Å²) in [7, 11) is 0. The molecule has 0 fully saturated rings. The zero-order valence-electron chi connectivity index (χ0n) is 17.6. The minimum Gasteiger partial charge on any atom is -0.424 e. The van der Waals surface area contributed by atoms with Crippen molar-refractivity contribution in [2.75, 3.05) is 11.9 Å². The van der Waals surface area contributed by atoms with Crippen LogP contribution in [0, 0.1) is 5.82 Å². The summed E-state index contributed by atoms with van der Waals surface area (Å²) in [5.41, 5.74) is 0.341. The fourth-order valence-corrected chi connectivity index (χ4v) is 4.12. The van der Waals surface area contributed by atoms with Crippen molar-refractivity contribution in [2.24, 2.45) is 5.10 Å². The number of alkyl halides is 4. The van der Waals surface area contributed by atoms with Crippen molar-refractivity contribution in [3.63, 3.8) is 0 Å². The van der Waals surface area contributed by atoms with Crippen molar-refractivity contribution in [3.05, 3.63) is 94.3 Å². The van der Waals surface area contributed by atoms with Crippen LogP contribution in [-0.2, 0) is 5.92 Å². The molecule has 0 aromatic heterocycles. The molecule has 0 aliphatic carbocycles. The lowest BCUT2D eigenvalue weighted by Gasteiger charge is -2.17. The first-order chi connectivity index (χ1) is 16.6. The molecular weight excluding hydrogens is 493 g/mol. The topological polar surface area (TPSA) is 53.9 Å². The maximum Gasteiger partial charge on any atom is 0.469 e. The molecular formula is C24H15ClF5N3O2. The van der Waals surface area contributed by atoms with Crippen LogP contribution in [0.5, 0.6) is 5.75 Å². The number of halogens is 6. The number of anilines is 1. The van der Waals surface area contributed by atoms with Gasteiger partial charge in [-0.1, -0.05) is 54.1 Å². The molecule has 5 nitrogen and oxygen atoms in total. The number of nitrogens with one attached hydrogen (secondary N) is 1. The molecule has 1 N–H and O–H groups in total. The molecule has 5 rings (SSSR count). The molecule has 1 atom stereocenters. The van der Waals surface area contributed by atoms with Gasteiger partial charge in [-0.05, 0) is 29.3 Å². The third-order valence-electron chi connectivity index (χ3n) is 5.72. The second kappa shape index (κ2) is 8.23. The minimum atomic E-state index is -4.91. The van der Waals surface area contributed by atoms with Gasteiger partial charge >= 0.3 is 18.1 Å². The Balaban J connectivity index is 1.44. The van der Waals surface area contributed by atoms with Crippen LogP contribution in [0.2, 0.25) is 5.02 Å². The van der Waals surface area contributed by atoms with E-state index in [1.165, 1.54) is 0 Å². The fraction of sp³-hybridized carbons (Fsp3) is 0.167. The Hall–Kier alpha value is -3.66. The van der Waals surface area contributed by atoms with E-state index in [1.807, 2.05) is 30.3 Å². The van der Waals surface area contributed by atoms with Gasteiger partial charge in [0.1, 0.15) is 0 Å². The molecule has 0 bridgehead atoms. The number of nitrogens with zero attached hydrogens (tertiary/aromatic N) is 2. The van der Waals surface area contributed by atoms with Crippen molar-refractivity contribution in [2.45, 2.75) is 17.9 Å². The molecule has 0 spiro atoms. The molecule has 35 heavy (non-hydrogen) atoms. The molecule has 2 aliphatic heterocycles. The van der Waals surface area contributed by atoms with E-state index in [-0.39, 0.29) is 12.5 Å². The van der Waals surface area contributed by atoms with Crippen LogP contribution < -0.4 is 10.1 Å². The third kappa shape index (κ3) is 3.97. The second-order valence-corrected chi connectivity index (χ2v) is 8.43. The quantitative estimate of drug-likeness (QED) is 0.407. The normalized spacial score (nSPS) is 19.7. The van der Waals surface area contributed by atoms with Gasteiger partial charge in [-0.15, -0.1) is 0 Å². The van der Waals surface area contributed by atoms with Gasteiger partial charge in [-0.3, -0.25) is 0 Å². The van der Waals surface area contributed by atoms with E-state index in [0.717, 1.165) is 10.6 Å². The van der Waals surface area contributed by atoms with Crippen LogP contribution >= 0.6 is 11.6 Å². The summed E-state index contributed by atoms with van der Waals surface area (Å²) in [6.07, 6.45) is -4.91. The largest absolute Gasteiger partial charge is 0.469 e. The predicted octanol–water partition coefficient (Wildman–Crippen LogP) is 6.59. The first-order valence-electron chi connectivity index (χ1n) is 10.3. The molecule has 3 aromatic rings. The summed E-state index contributed by atoms with van der Waals surface area (Å²) < 4.78 is 73.2. The number of benzene rings is 3. The van der Waals surface area contributed by atoms with E-state index in [9.17, 15) is 26.7 Å². The highest BCUT2D eigenvalue weighted by Crippen LogP contribution is 2.54. The molecule has 11 heteroatoms. The number of hydrogen-bond donors (Lipinski definition) is 1. The van der Waals surface area contributed by atoms with Crippen molar-refractivity contribution in [3.8, 4) is 5.75 Å². The maximum atomic E-state index is 14.3. The Kier molecular flexibility index (Phi) is 5.43. The average Bonchev–Trinajstić information content (AvgIpc) is 3.34. The van der Waals surface area contributed by atoms with Gasteiger partial charge in [0, 0.05) is 22.7 Å². The summed E-state index contributed by atoms with van der Waals surface area (Å²) in [6.45, 7) is 0.0958. The van der Waals surface area contributed by atoms with Crippen LogP contribution in [0.25, 0.3) is 0 Å². The van der Waals surface area contributed by atoms with Crippen molar-refractivity contribution in [1.29, 1.82) is 0 Å². The SMILES string of the molecule is O=C(Nc1cc(F)c2c(c1)C(F)(F)C(F)(F)O2)N1CC(c2ccccc2)C(c2ccc(Cl)cc2)=N1. The van der Waals surface area contributed by atoms with Gasteiger partial charge in [0.05, 0.1) is 17.8 Å². The second-order valence-electron chi connectivity index (χ2n) is 8.00. The number of carbonyl (C=O) groups excluding carboxylic acids is 1. The monoisotopic (exact) mass is 507 g/mol. The lowest BCUT2D eigenvalue weighted by atomic mass is 9.91. The number of ether oxygens (including phenoxy) is 1. The van der Waals surface area contributed by atoms with E-state index in [2.05, 4.69) is 15.2 Å². The lowest BCUT2D eigenvalue weighted by molar-refractivity contribution is -0.296. The van der Waals surface area contributed by atoms with Gasteiger partial charge in [0.2, 0.25) is 0 Å². The fourth-order valence-electron chi connectivity index (χ4n) is 4.00. The molecule has 1 unspecified atom stereocenters. The average molecular weight is 508 g/mol. The zero-order valence-corrected chi connectivity index (χ0v) is 18.4. The summed E-state index contributed by atoms with van der Waals surface area (Å²) >= 11 is 5.98. The van der Waals surface area contributed by atoms with E-state index in [4.69, 9.17) is 11.6 Å². The molecule has 2 aliphatic rings. The highest BCUT2D eigenvalue weighted by atomic mass is 35.5. The van der Waals surface area contributed by atoms with Gasteiger partial charge in [0.15, 0.2) is 11.6 Å². The number of carbonyl (C=O) groups is 1. The number of amides is 2. The first kappa shape index (κ1) is 23.1. The van der Waals surface area contributed by atoms with Gasteiger partial charge in [0.25, 0.3) is 0 Å². The highest BCUT2D eigenvalue weighted by Gasteiger charge is 2.67. The van der Waals surface area contributed by atoms with Crippen molar-refractivity contribution in [1.82, 2.24) is 5.01 Å². The van der Waals surface area contributed by atoms with Crippen molar-refractivity contribution < 1.29 is 31.5 Å². The number of hydrogen-bond acceptors (Lipinski definition) is 3. The van der Waals surface area contributed by atoms with Gasteiger partial charge < -0.3 is 10.1 Å². The van der Waals surface area contributed by atoms with Crippen LogP contribution in [-0.4, -0.2) is 29.4 Å². The standard InChI is InChI=1S/C24H15ClF5N3O2/c25-15-8-6-14(7-9-15)20-17(13-4-2-1-3-5-13)12-33(32-20)22(34)31-16-10-18-21(19(26)11-16)35-24(29,30)23(18,27)28/h1-11,17H,12H2,(H,31,34). The molecule has 0 radical (unpaired) electrons. The number of fused-ring (bicyclic) bond motifs is 1. The van der Waals surface area contributed by atoms with E-state index >= 15 is 0 Å². The Morgan fingerprint density at radius 2 is 1.74 bits per heavy atom. The number of urea groups is 1. The van der Waals surface area contributed by atoms with Crippen LogP contribution in [0.1, 0.15) is 22.6 Å². The van der Waals surface area contributed by atoms with Gasteiger partial charge in [-0.25, -0.2) is 14.2 Å². The summed E-state index contributed by atoms with van der Waals surface area (Å²) in [5.74, 6) is -7.80. The minimum absolute atomic E-state index is 0.0958. The lowest BCUT2D eigenvalue weighted by Crippen LogP contribution is -2.37. The first-order valence-corrected chi connectivity index (χ1v) is 10.7. The highest BCUT2D eigenvalue weighted by molar-refractivity contribution is 6.30. The molecule has 0 saturated heterocycles. The Labute approximate surface area is 200 Å². The third-order valence-corrected chi connectivity index (χ3v) is 5.97. The summed E-state index contributed by atoms with van der Waals surface area (Å²) in [5, 5.41) is 8.24. The van der Waals surface area contributed by atoms with E-state index in [1.54, 1.807) is 24.3 Å². The zero-order chi connectivity index (χ0) is 25.0. The molecule has 2 heterocycles. The summed E-state index contributed by atoms with van der Waals surface area (Å²) in [4.78, 5) is 12.9. The predicted molar refractivity (Wildman–Crippen MR) is 119 cm³/mol. The smallest absolute Gasteiger partial charge is 0.424 e. The van der Waals surface area contributed by atoms with E-state index < -0.39 is 40.9 Å². The van der Waals surface area contributed by atoms with Crippen LogP contribution in [0.15, 0.2) is 71.8 Å². The van der Waals surface area contributed by atoms with Crippen molar-refractivity contribution >= 4 is 29.0 Å². The molecule has 0 saturated carbocycles. The Morgan fingerprint density at radius 3 is 2.43 bits per heavy atom. The van der Waals surface area contributed by atoms with Crippen LogP contribution in [0.4, 0.5) is 32.4 Å².